The predicted octanol–water partition coefficient (Wildman–Crippen LogP) is 1.68. The molecule has 4 aromatic rings. The van der Waals surface area contributed by atoms with Gasteiger partial charge in [-0.05, 0) is 13.0 Å². The van der Waals surface area contributed by atoms with Crippen molar-refractivity contribution in [3.8, 4) is 23.0 Å². The molecule has 0 aliphatic rings. The van der Waals surface area contributed by atoms with E-state index < -0.39 is 0 Å². The Morgan fingerprint density at radius 2 is 2.04 bits per heavy atom. The first kappa shape index (κ1) is 15.1. The number of ether oxygens (including phenoxy) is 1. The Balaban J connectivity index is 1.97. The lowest BCUT2D eigenvalue weighted by molar-refractivity contribution is 0.398. The predicted molar refractivity (Wildman–Crippen MR) is 92.3 cm³/mol. The number of aromatic nitrogens is 7. The Kier molecular flexibility index (Phi) is 3.53. The first-order valence-electron chi connectivity index (χ1n) is 7.73. The molecule has 0 spiro atoms. The Labute approximate surface area is 143 Å². The van der Waals surface area contributed by atoms with E-state index in [9.17, 15) is 0 Å². The minimum atomic E-state index is 0.283. The standard InChI is InChI=1S/C16H16N8O/c1-3-23-14-11(10-4-5-13(25-2)19-6-10)7-18-8-12(14)22-16(23)24-15(17)20-9-21-24/h4-9H,3H2,1-2H3,(H2,17,20,21). The van der Waals surface area contributed by atoms with E-state index in [1.807, 2.05) is 23.6 Å². The van der Waals surface area contributed by atoms with Crippen LogP contribution in [0.25, 0.3) is 28.1 Å². The molecule has 9 nitrogen and oxygen atoms in total. The van der Waals surface area contributed by atoms with Crippen molar-refractivity contribution >= 4 is 17.0 Å². The van der Waals surface area contributed by atoms with Gasteiger partial charge in [0, 0.05) is 36.1 Å². The Morgan fingerprint density at radius 1 is 1.16 bits per heavy atom. The molecule has 126 valence electrons. The van der Waals surface area contributed by atoms with Gasteiger partial charge in [-0.15, -0.1) is 0 Å². The first-order valence-corrected chi connectivity index (χ1v) is 7.73. The fourth-order valence-corrected chi connectivity index (χ4v) is 2.81. The lowest BCUT2D eigenvalue weighted by atomic mass is 10.1. The zero-order valence-electron chi connectivity index (χ0n) is 13.8. The van der Waals surface area contributed by atoms with Crippen LogP contribution in [0.3, 0.4) is 0 Å². The van der Waals surface area contributed by atoms with Crippen LogP contribution in [-0.4, -0.2) is 41.4 Å². The van der Waals surface area contributed by atoms with E-state index in [0.29, 0.717) is 18.4 Å². The fourth-order valence-electron chi connectivity index (χ4n) is 2.81. The highest BCUT2D eigenvalue weighted by Gasteiger charge is 2.18. The number of pyridine rings is 2. The molecule has 0 bridgehead atoms. The quantitative estimate of drug-likeness (QED) is 0.604. The second kappa shape index (κ2) is 5.86. The highest BCUT2D eigenvalue weighted by molar-refractivity contribution is 5.92. The third-order valence-electron chi connectivity index (χ3n) is 3.97. The zero-order chi connectivity index (χ0) is 17.4. The summed E-state index contributed by atoms with van der Waals surface area (Å²) >= 11 is 0. The Hall–Kier alpha value is -3.49. The van der Waals surface area contributed by atoms with E-state index >= 15 is 0 Å². The number of rotatable bonds is 4. The number of nitrogens with zero attached hydrogens (tertiary/aromatic N) is 7. The van der Waals surface area contributed by atoms with Crippen molar-refractivity contribution in [2.24, 2.45) is 0 Å². The summed E-state index contributed by atoms with van der Waals surface area (Å²) in [7, 11) is 1.59. The highest BCUT2D eigenvalue weighted by atomic mass is 16.5. The van der Waals surface area contributed by atoms with E-state index in [0.717, 1.165) is 22.2 Å². The van der Waals surface area contributed by atoms with Gasteiger partial charge >= 0.3 is 0 Å². The maximum absolute atomic E-state index is 5.90. The Bertz CT molecular complexity index is 1030. The van der Waals surface area contributed by atoms with Crippen molar-refractivity contribution in [2.75, 3.05) is 12.8 Å². The van der Waals surface area contributed by atoms with Crippen LogP contribution in [-0.2, 0) is 6.54 Å². The van der Waals surface area contributed by atoms with Gasteiger partial charge in [0.1, 0.15) is 11.8 Å². The summed E-state index contributed by atoms with van der Waals surface area (Å²) in [5.74, 6) is 1.44. The Morgan fingerprint density at radius 3 is 2.68 bits per heavy atom. The van der Waals surface area contributed by atoms with E-state index in [4.69, 9.17) is 10.5 Å². The molecule has 0 aliphatic heterocycles. The molecule has 0 radical (unpaired) electrons. The van der Waals surface area contributed by atoms with Crippen LogP contribution in [0.15, 0.2) is 37.1 Å². The molecule has 0 unspecified atom stereocenters. The highest BCUT2D eigenvalue weighted by Crippen LogP contribution is 2.30. The van der Waals surface area contributed by atoms with Crippen molar-refractivity contribution < 1.29 is 4.74 Å². The number of aryl methyl sites for hydroxylation is 1. The van der Waals surface area contributed by atoms with Crippen molar-refractivity contribution in [1.29, 1.82) is 0 Å². The summed E-state index contributed by atoms with van der Waals surface area (Å²) in [6.07, 6.45) is 6.68. The van der Waals surface area contributed by atoms with Crippen LogP contribution >= 0.6 is 0 Å². The maximum Gasteiger partial charge on any atom is 0.235 e. The van der Waals surface area contributed by atoms with Gasteiger partial charge in [0.05, 0.1) is 18.8 Å². The molecule has 4 heterocycles. The van der Waals surface area contributed by atoms with E-state index in [-0.39, 0.29) is 5.95 Å². The van der Waals surface area contributed by atoms with E-state index in [1.54, 1.807) is 25.7 Å². The molecule has 0 fully saturated rings. The molecule has 4 rings (SSSR count). The molecule has 0 amide bonds. The largest absolute Gasteiger partial charge is 0.481 e. The van der Waals surface area contributed by atoms with E-state index in [2.05, 4.69) is 25.0 Å². The second-order valence-electron chi connectivity index (χ2n) is 5.33. The summed E-state index contributed by atoms with van der Waals surface area (Å²) in [4.78, 5) is 17.2. The van der Waals surface area contributed by atoms with Crippen LogP contribution in [0.1, 0.15) is 6.92 Å². The molecular formula is C16H16N8O. The van der Waals surface area contributed by atoms with Gasteiger partial charge in [-0.3, -0.25) is 4.98 Å². The average Bonchev–Trinajstić information content (AvgIpc) is 3.24. The van der Waals surface area contributed by atoms with Gasteiger partial charge in [0.25, 0.3) is 0 Å². The SMILES string of the molecule is CCn1c(-n2ncnc2N)nc2cncc(-c3ccc(OC)nc3)c21. The molecule has 0 aromatic carbocycles. The van der Waals surface area contributed by atoms with Gasteiger partial charge < -0.3 is 15.0 Å². The van der Waals surface area contributed by atoms with Crippen molar-refractivity contribution in [1.82, 2.24) is 34.3 Å². The summed E-state index contributed by atoms with van der Waals surface area (Å²) in [6, 6.07) is 3.76. The van der Waals surface area contributed by atoms with Crippen molar-refractivity contribution in [3.63, 3.8) is 0 Å². The van der Waals surface area contributed by atoms with Gasteiger partial charge in [-0.2, -0.15) is 14.8 Å². The van der Waals surface area contributed by atoms with Crippen LogP contribution < -0.4 is 10.5 Å². The smallest absolute Gasteiger partial charge is 0.235 e. The topological polar surface area (TPSA) is 110 Å². The number of anilines is 1. The summed E-state index contributed by atoms with van der Waals surface area (Å²) in [5, 5.41) is 4.16. The number of methoxy groups -OCH3 is 1. The third-order valence-corrected chi connectivity index (χ3v) is 3.97. The van der Waals surface area contributed by atoms with Gasteiger partial charge in [-0.1, -0.05) is 0 Å². The van der Waals surface area contributed by atoms with Crippen LogP contribution in [0.4, 0.5) is 5.95 Å². The summed E-state index contributed by atoms with van der Waals surface area (Å²) in [5.41, 5.74) is 9.43. The molecule has 0 saturated heterocycles. The molecule has 0 aliphatic carbocycles. The maximum atomic E-state index is 5.90. The molecule has 25 heavy (non-hydrogen) atoms. The van der Waals surface area contributed by atoms with Crippen molar-refractivity contribution in [2.45, 2.75) is 13.5 Å². The molecule has 0 atom stereocenters. The average molecular weight is 336 g/mol. The zero-order valence-corrected chi connectivity index (χ0v) is 13.8. The second-order valence-corrected chi connectivity index (χ2v) is 5.33. The molecule has 9 heteroatoms. The molecule has 0 saturated carbocycles. The summed E-state index contributed by atoms with van der Waals surface area (Å²) in [6.45, 7) is 2.72. The van der Waals surface area contributed by atoms with Crippen LogP contribution in [0, 0.1) is 0 Å². The van der Waals surface area contributed by atoms with Crippen LogP contribution in [0.5, 0.6) is 5.88 Å². The number of nitrogen functional groups attached to an aromatic ring is 1. The monoisotopic (exact) mass is 336 g/mol. The van der Waals surface area contributed by atoms with Gasteiger partial charge in [0.2, 0.25) is 17.8 Å². The number of imidazole rings is 1. The minimum absolute atomic E-state index is 0.283. The lowest BCUT2D eigenvalue weighted by Gasteiger charge is -2.09. The fraction of sp³-hybridized carbons (Fsp3) is 0.188. The van der Waals surface area contributed by atoms with Gasteiger partial charge in [-0.25, -0.2) is 9.97 Å². The first-order chi connectivity index (χ1) is 12.2. The summed E-state index contributed by atoms with van der Waals surface area (Å²) < 4.78 is 8.67. The number of fused-ring (bicyclic) bond motifs is 1. The normalized spacial score (nSPS) is 11.1. The third kappa shape index (κ3) is 2.36. The lowest BCUT2D eigenvalue weighted by Crippen LogP contribution is -2.10. The van der Waals surface area contributed by atoms with Gasteiger partial charge in [0.15, 0.2) is 0 Å². The number of nitrogens with two attached hydrogens (primary N) is 1. The molecule has 4 aromatic heterocycles. The minimum Gasteiger partial charge on any atom is -0.481 e. The van der Waals surface area contributed by atoms with Crippen LogP contribution in [0.2, 0.25) is 0 Å². The molecular weight excluding hydrogens is 320 g/mol. The number of hydrogen-bond acceptors (Lipinski definition) is 7. The molecule has 2 N–H and O–H groups in total. The van der Waals surface area contributed by atoms with E-state index in [1.165, 1.54) is 11.0 Å². The number of hydrogen-bond donors (Lipinski definition) is 1. The van der Waals surface area contributed by atoms with Crippen molar-refractivity contribution in [3.05, 3.63) is 37.1 Å².